The molecule has 10 heteroatoms. The number of halogens is 2. The van der Waals surface area contributed by atoms with Crippen LogP contribution in [0.25, 0.3) is 11.2 Å². The number of hydrogen-bond donors (Lipinski definition) is 2. The molecule has 0 radical (unpaired) electrons. The van der Waals surface area contributed by atoms with Gasteiger partial charge in [0.2, 0.25) is 5.91 Å². The fourth-order valence-corrected chi connectivity index (χ4v) is 3.18. The molecular formula is C18H20Cl2N6O2. The van der Waals surface area contributed by atoms with E-state index >= 15 is 0 Å². The van der Waals surface area contributed by atoms with Crippen molar-refractivity contribution in [3.8, 4) is 0 Å². The zero-order valence-corrected chi connectivity index (χ0v) is 17.0. The third-order valence-corrected chi connectivity index (χ3v) is 4.91. The molecule has 8 nitrogen and oxygen atoms in total. The lowest BCUT2D eigenvalue weighted by Crippen LogP contribution is -2.34. The van der Waals surface area contributed by atoms with Crippen molar-refractivity contribution in [3.63, 3.8) is 0 Å². The summed E-state index contributed by atoms with van der Waals surface area (Å²) in [5.41, 5.74) is 2.16. The van der Waals surface area contributed by atoms with Gasteiger partial charge >= 0.3 is 0 Å². The van der Waals surface area contributed by atoms with Crippen LogP contribution >= 0.6 is 23.2 Å². The molecule has 148 valence electrons. The van der Waals surface area contributed by atoms with Crippen molar-refractivity contribution >= 4 is 46.1 Å². The monoisotopic (exact) mass is 422 g/mol. The Morgan fingerprint density at radius 1 is 1.29 bits per heavy atom. The Morgan fingerprint density at radius 3 is 2.86 bits per heavy atom. The first-order valence-electron chi connectivity index (χ1n) is 8.61. The second kappa shape index (κ2) is 9.18. The van der Waals surface area contributed by atoms with Crippen molar-refractivity contribution < 1.29 is 9.53 Å². The van der Waals surface area contributed by atoms with E-state index in [-0.39, 0.29) is 5.91 Å². The van der Waals surface area contributed by atoms with Gasteiger partial charge in [-0.2, -0.15) is 0 Å². The Hall–Kier alpha value is -2.42. The van der Waals surface area contributed by atoms with Gasteiger partial charge in [-0.1, -0.05) is 23.2 Å². The van der Waals surface area contributed by atoms with Gasteiger partial charge in [-0.3, -0.25) is 4.79 Å². The maximum absolute atomic E-state index is 11.8. The molecule has 3 aromatic rings. The van der Waals surface area contributed by atoms with Crippen LogP contribution in [0.15, 0.2) is 30.9 Å². The SMILES string of the molecule is CNC(=O)C(CCn1cnc2c(NCc3cc(Cl)ccc3Cl)ncnc21)OC. The van der Waals surface area contributed by atoms with Crippen LogP contribution in [0.5, 0.6) is 0 Å². The fourth-order valence-electron chi connectivity index (χ4n) is 2.80. The molecule has 0 spiro atoms. The van der Waals surface area contributed by atoms with E-state index in [1.54, 1.807) is 31.6 Å². The summed E-state index contributed by atoms with van der Waals surface area (Å²) in [6.07, 6.45) is 3.10. The molecule has 1 aromatic carbocycles. The molecule has 0 aliphatic carbocycles. The van der Waals surface area contributed by atoms with E-state index in [1.165, 1.54) is 13.4 Å². The first kappa shape index (κ1) is 20.3. The summed E-state index contributed by atoms with van der Waals surface area (Å²) in [6, 6.07) is 5.30. The molecule has 0 bridgehead atoms. The molecule has 0 saturated heterocycles. The maximum Gasteiger partial charge on any atom is 0.248 e. The van der Waals surface area contributed by atoms with Gasteiger partial charge in [0.05, 0.1) is 6.33 Å². The maximum atomic E-state index is 11.8. The zero-order chi connectivity index (χ0) is 20.1. The number of benzene rings is 1. The number of ether oxygens (including phenoxy) is 1. The van der Waals surface area contributed by atoms with Gasteiger partial charge in [0.1, 0.15) is 17.9 Å². The summed E-state index contributed by atoms with van der Waals surface area (Å²) < 4.78 is 7.10. The number of methoxy groups -OCH3 is 1. The number of carbonyl (C=O) groups is 1. The first-order valence-corrected chi connectivity index (χ1v) is 9.37. The number of anilines is 1. The van der Waals surface area contributed by atoms with Gasteiger partial charge in [-0.05, 0) is 23.8 Å². The predicted molar refractivity (Wildman–Crippen MR) is 109 cm³/mol. The van der Waals surface area contributed by atoms with E-state index in [1.807, 2.05) is 4.57 Å². The Morgan fingerprint density at radius 2 is 2.11 bits per heavy atom. The molecule has 2 N–H and O–H groups in total. The zero-order valence-electron chi connectivity index (χ0n) is 15.4. The van der Waals surface area contributed by atoms with Crippen LogP contribution in [-0.4, -0.2) is 45.7 Å². The molecule has 0 aliphatic heterocycles. The highest BCUT2D eigenvalue weighted by Crippen LogP contribution is 2.23. The van der Waals surface area contributed by atoms with Crippen LogP contribution in [0.3, 0.4) is 0 Å². The third kappa shape index (κ3) is 4.52. The number of fused-ring (bicyclic) bond motifs is 1. The second-order valence-corrected chi connectivity index (χ2v) is 6.89. The molecule has 1 unspecified atom stereocenters. The van der Waals surface area contributed by atoms with E-state index in [0.29, 0.717) is 46.5 Å². The number of likely N-dealkylation sites (N-methyl/N-ethyl adjacent to an activating group) is 1. The van der Waals surface area contributed by atoms with Gasteiger partial charge in [-0.15, -0.1) is 0 Å². The summed E-state index contributed by atoms with van der Waals surface area (Å²) in [7, 11) is 3.09. The number of nitrogens with one attached hydrogen (secondary N) is 2. The molecule has 1 amide bonds. The number of aryl methyl sites for hydroxylation is 1. The fraction of sp³-hybridized carbons (Fsp3) is 0.333. The molecular weight excluding hydrogens is 403 g/mol. The van der Waals surface area contributed by atoms with E-state index < -0.39 is 6.10 Å². The number of nitrogens with zero attached hydrogens (tertiary/aromatic N) is 4. The van der Waals surface area contributed by atoms with Gasteiger partial charge in [-0.25, -0.2) is 15.0 Å². The van der Waals surface area contributed by atoms with Gasteiger partial charge in [0, 0.05) is 43.7 Å². The standard InChI is InChI=1S/C18H20Cl2N6O2/c1-21-18(27)14(28-2)5-6-26-10-25-15-16(23-9-24-17(15)26)22-8-11-7-12(19)3-4-13(11)20/h3-4,7,9-10,14H,5-6,8H2,1-2H3,(H,21,27)(H,22,23,24). The molecule has 2 aromatic heterocycles. The smallest absolute Gasteiger partial charge is 0.248 e. The number of imidazole rings is 1. The number of carbonyl (C=O) groups excluding carboxylic acids is 1. The van der Waals surface area contributed by atoms with Crippen molar-refractivity contribution in [1.29, 1.82) is 0 Å². The van der Waals surface area contributed by atoms with Crippen LogP contribution in [0.2, 0.25) is 10.0 Å². The lowest BCUT2D eigenvalue weighted by Gasteiger charge is -2.14. The van der Waals surface area contributed by atoms with Crippen LogP contribution in [0, 0.1) is 0 Å². The number of amides is 1. The molecule has 0 saturated carbocycles. The highest BCUT2D eigenvalue weighted by Gasteiger charge is 2.17. The topological polar surface area (TPSA) is 94.0 Å². The minimum Gasteiger partial charge on any atom is -0.372 e. The quantitative estimate of drug-likeness (QED) is 0.579. The van der Waals surface area contributed by atoms with Crippen LogP contribution in [0.4, 0.5) is 5.82 Å². The van der Waals surface area contributed by atoms with Crippen LogP contribution in [0.1, 0.15) is 12.0 Å². The highest BCUT2D eigenvalue weighted by atomic mass is 35.5. The average molecular weight is 423 g/mol. The summed E-state index contributed by atoms with van der Waals surface area (Å²) in [6.45, 7) is 0.972. The number of rotatable bonds is 8. The second-order valence-electron chi connectivity index (χ2n) is 6.05. The normalized spacial score (nSPS) is 12.1. The Labute approximate surface area is 172 Å². The van der Waals surface area contributed by atoms with E-state index in [2.05, 4.69) is 25.6 Å². The largest absolute Gasteiger partial charge is 0.372 e. The predicted octanol–water partition coefficient (Wildman–Crippen LogP) is 2.90. The van der Waals surface area contributed by atoms with E-state index in [4.69, 9.17) is 27.9 Å². The Kier molecular flexibility index (Phi) is 6.66. The summed E-state index contributed by atoms with van der Waals surface area (Å²) in [4.78, 5) is 24.8. The summed E-state index contributed by atoms with van der Waals surface area (Å²) >= 11 is 12.2. The summed E-state index contributed by atoms with van der Waals surface area (Å²) in [5, 5.41) is 7.05. The lowest BCUT2D eigenvalue weighted by atomic mass is 10.2. The van der Waals surface area contributed by atoms with Crippen molar-refractivity contribution in [1.82, 2.24) is 24.8 Å². The minimum absolute atomic E-state index is 0.165. The number of aromatic nitrogens is 4. The van der Waals surface area contributed by atoms with Crippen LogP contribution < -0.4 is 10.6 Å². The Balaban J connectivity index is 1.75. The number of hydrogen-bond acceptors (Lipinski definition) is 6. The Bertz CT molecular complexity index is 978. The van der Waals surface area contributed by atoms with Gasteiger partial charge < -0.3 is 19.9 Å². The highest BCUT2D eigenvalue weighted by molar-refractivity contribution is 6.33. The first-order chi connectivity index (χ1) is 13.5. The molecule has 0 fully saturated rings. The van der Waals surface area contributed by atoms with Gasteiger partial charge in [0.25, 0.3) is 0 Å². The van der Waals surface area contributed by atoms with Crippen molar-refractivity contribution in [3.05, 3.63) is 46.5 Å². The average Bonchev–Trinajstić information content (AvgIpc) is 3.12. The minimum atomic E-state index is -0.535. The van der Waals surface area contributed by atoms with E-state index in [0.717, 1.165) is 5.56 Å². The molecule has 3 rings (SSSR count). The molecule has 0 aliphatic rings. The van der Waals surface area contributed by atoms with Crippen molar-refractivity contribution in [2.45, 2.75) is 25.6 Å². The lowest BCUT2D eigenvalue weighted by molar-refractivity contribution is -0.131. The third-order valence-electron chi connectivity index (χ3n) is 4.31. The molecule has 28 heavy (non-hydrogen) atoms. The van der Waals surface area contributed by atoms with Crippen molar-refractivity contribution in [2.24, 2.45) is 0 Å². The van der Waals surface area contributed by atoms with Gasteiger partial charge in [0.15, 0.2) is 11.5 Å². The van der Waals surface area contributed by atoms with Crippen molar-refractivity contribution in [2.75, 3.05) is 19.5 Å². The van der Waals surface area contributed by atoms with E-state index in [9.17, 15) is 4.79 Å². The van der Waals surface area contributed by atoms with Crippen LogP contribution in [-0.2, 0) is 22.6 Å². The molecule has 1 atom stereocenters. The molecule has 2 heterocycles. The summed E-state index contributed by atoms with van der Waals surface area (Å²) in [5.74, 6) is 0.427.